The molecule has 0 saturated heterocycles. The van der Waals surface area contributed by atoms with E-state index in [9.17, 15) is 22.8 Å². The number of anilines is 1. The lowest BCUT2D eigenvalue weighted by Gasteiger charge is -2.28. The molecule has 0 bridgehead atoms. The average Bonchev–Trinajstić information content (AvgIpc) is 3.05. The molecular formula is C18H19F3N4O3. The van der Waals surface area contributed by atoms with Gasteiger partial charge in [0.1, 0.15) is 19.8 Å². The number of hydrogen-bond donors (Lipinski definition) is 1. The zero-order valence-electron chi connectivity index (χ0n) is 14.9. The molecule has 0 aliphatic carbocycles. The highest BCUT2D eigenvalue weighted by atomic mass is 19.4. The number of aromatic nitrogens is 2. The summed E-state index contributed by atoms with van der Waals surface area (Å²) in [5, 5.41) is 5.90. The van der Waals surface area contributed by atoms with Gasteiger partial charge in [0.15, 0.2) is 0 Å². The van der Waals surface area contributed by atoms with Crippen LogP contribution in [0.5, 0.6) is 0 Å². The van der Waals surface area contributed by atoms with Gasteiger partial charge in [0.25, 0.3) is 0 Å². The molecule has 3 rings (SSSR count). The normalized spacial score (nSPS) is 13.9. The van der Waals surface area contributed by atoms with E-state index in [1.807, 2.05) is 24.3 Å². The van der Waals surface area contributed by atoms with Gasteiger partial charge in [0.05, 0.1) is 11.9 Å². The van der Waals surface area contributed by atoms with Crippen molar-refractivity contribution in [3.63, 3.8) is 0 Å². The molecule has 1 aliphatic heterocycles. The highest BCUT2D eigenvalue weighted by Crippen LogP contribution is 2.19. The lowest BCUT2D eigenvalue weighted by Crippen LogP contribution is -2.38. The summed E-state index contributed by atoms with van der Waals surface area (Å²) in [6.45, 7) is -0.789. The first-order valence-corrected chi connectivity index (χ1v) is 8.61. The summed E-state index contributed by atoms with van der Waals surface area (Å²) in [6.07, 6.45) is -1.45. The summed E-state index contributed by atoms with van der Waals surface area (Å²) in [6, 6.07) is 7.90. The topological polar surface area (TPSA) is 76.5 Å². The number of nitrogens with zero attached hydrogens (tertiary/aromatic N) is 3. The largest absolute Gasteiger partial charge is 0.408 e. The molecule has 0 fully saturated rings. The van der Waals surface area contributed by atoms with E-state index in [4.69, 9.17) is 4.74 Å². The van der Waals surface area contributed by atoms with E-state index in [1.165, 1.54) is 5.56 Å². The SMILES string of the molecule is O=C(COCC(=O)N1CCc2ccccc2C1)Nc1cnn(CC(F)(F)F)c1. The number of amides is 2. The second-order valence-electron chi connectivity index (χ2n) is 6.42. The Morgan fingerprint density at radius 1 is 1.18 bits per heavy atom. The fourth-order valence-corrected chi connectivity index (χ4v) is 2.93. The minimum atomic E-state index is -4.40. The Balaban J connectivity index is 1.40. The Labute approximate surface area is 159 Å². The van der Waals surface area contributed by atoms with Gasteiger partial charge >= 0.3 is 6.18 Å². The Hall–Kier alpha value is -2.88. The highest BCUT2D eigenvalue weighted by molar-refractivity contribution is 5.91. The molecule has 1 N–H and O–H groups in total. The number of fused-ring (bicyclic) bond motifs is 1. The van der Waals surface area contributed by atoms with Crippen LogP contribution >= 0.6 is 0 Å². The van der Waals surface area contributed by atoms with Crippen molar-refractivity contribution in [1.82, 2.24) is 14.7 Å². The minimum Gasteiger partial charge on any atom is -0.362 e. The second-order valence-corrected chi connectivity index (χ2v) is 6.42. The Morgan fingerprint density at radius 3 is 2.68 bits per heavy atom. The fourth-order valence-electron chi connectivity index (χ4n) is 2.93. The smallest absolute Gasteiger partial charge is 0.362 e. The van der Waals surface area contributed by atoms with Crippen LogP contribution in [0.2, 0.25) is 0 Å². The zero-order valence-corrected chi connectivity index (χ0v) is 14.9. The molecule has 0 atom stereocenters. The van der Waals surface area contributed by atoms with Crippen molar-refractivity contribution in [3.05, 3.63) is 47.8 Å². The van der Waals surface area contributed by atoms with Gasteiger partial charge in [-0.3, -0.25) is 14.3 Å². The molecule has 2 aromatic rings. The maximum atomic E-state index is 12.3. The monoisotopic (exact) mass is 396 g/mol. The fraction of sp³-hybridized carbons (Fsp3) is 0.389. The first kappa shape index (κ1) is 19.9. The maximum Gasteiger partial charge on any atom is 0.408 e. The molecule has 0 saturated carbocycles. The van der Waals surface area contributed by atoms with Gasteiger partial charge in [-0.15, -0.1) is 0 Å². The highest BCUT2D eigenvalue weighted by Gasteiger charge is 2.28. The predicted octanol–water partition coefficient (Wildman–Crippen LogP) is 1.99. The van der Waals surface area contributed by atoms with E-state index in [2.05, 4.69) is 10.4 Å². The molecule has 7 nitrogen and oxygen atoms in total. The molecule has 150 valence electrons. The quantitative estimate of drug-likeness (QED) is 0.810. The lowest BCUT2D eigenvalue weighted by molar-refractivity contribution is -0.142. The molecule has 10 heteroatoms. The predicted molar refractivity (Wildman–Crippen MR) is 93.3 cm³/mol. The molecule has 28 heavy (non-hydrogen) atoms. The summed E-state index contributed by atoms with van der Waals surface area (Å²) in [7, 11) is 0. The first-order valence-electron chi connectivity index (χ1n) is 8.61. The number of halogens is 3. The number of ether oxygens (including phenoxy) is 1. The van der Waals surface area contributed by atoms with Gasteiger partial charge in [-0.1, -0.05) is 24.3 Å². The molecule has 0 unspecified atom stereocenters. The van der Waals surface area contributed by atoms with Crippen LogP contribution in [0, 0.1) is 0 Å². The zero-order chi connectivity index (χ0) is 20.1. The molecule has 0 spiro atoms. The van der Waals surface area contributed by atoms with E-state index >= 15 is 0 Å². The van der Waals surface area contributed by atoms with E-state index < -0.39 is 18.6 Å². The van der Waals surface area contributed by atoms with Gasteiger partial charge in [-0.25, -0.2) is 0 Å². The number of rotatable bonds is 6. The number of nitrogens with one attached hydrogen (secondary N) is 1. The third-order valence-corrected chi connectivity index (χ3v) is 4.20. The van der Waals surface area contributed by atoms with Crippen molar-refractivity contribution in [2.24, 2.45) is 0 Å². The van der Waals surface area contributed by atoms with Gasteiger partial charge in [-0.2, -0.15) is 18.3 Å². The van der Waals surface area contributed by atoms with Gasteiger partial charge in [0, 0.05) is 19.3 Å². The van der Waals surface area contributed by atoms with Crippen molar-refractivity contribution in [2.75, 3.05) is 25.1 Å². The summed E-state index contributed by atoms with van der Waals surface area (Å²) in [5.74, 6) is -0.802. The third-order valence-electron chi connectivity index (χ3n) is 4.20. The van der Waals surface area contributed by atoms with Crippen LogP contribution in [0.4, 0.5) is 18.9 Å². The minimum absolute atomic E-state index is 0.122. The van der Waals surface area contributed by atoms with Crippen LogP contribution in [0.1, 0.15) is 11.1 Å². The van der Waals surface area contributed by atoms with Gasteiger partial charge in [-0.05, 0) is 17.5 Å². The van der Waals surface area contributed by atoms with Gasteiger partial charge < -0.3 is 15.0 Å². The lowest BCUT2D eigenvalue weighted by atomic mass is 10.00. The molecule has 1 aromatic carbocycles. The second kappa shape index (κ2) is 8.42. The van der Waals surface area contributed by atoms with Crippen molar-refractivity contribution < 1.29 is 27.5 Å². The number of carbonyl (C=O) groups excluding carboxylic acids is 2. The van der Waals surface area contributed by atoms with E-state index in [1.54, 1.807) is 4.90 Å². The number of alkyl halides is 3. The number of carbonyl (C=O) groups is 2. The van der Waals surface area contributed by atoms with Crippen LogP contribution in [-0.2, 0) is 33.8 Å². The van der Waals surface area contributed by atoms with Crippen molar-refractivity contribution >= 4 is 17.5 Å². The maximum absolute atomic E-state index is 12.3. The van der Waals surface area contributed by atoms with E-state index in [-0.39, 0.29) is 24.8 Å². The molecule has 2 heterocycles. The van der Waals surface area contributed by atoms with Crippen LogP contribution in [0.25, 0.3) is 0 Å². The Kier molecular flexibility index (Phi) is 5.98. The first-order chi connectivity index (χ1) is 13.3. The van der Waals surface area contributed by atoms with Gasteiger partial charge in [0.2, 0.25) is 11.8 Å². The number of benzene rings is 1. The summed E-state index contributed by atoms with van der Waals surface area (Å²) in [4.78, 5) is 25.7. The van der Waals surface area contributed by atoms with Crippen molar-refractivity contribution in [3.8, 4) is 0 Å². The standard InChI is InChI=1S/C18H19F3N4O3/c19-18(20,21)12-25-9-15(7-22-25)23-16(26)10-28-11-17(27)24-6-5-13-3-1-2-4-14(13)8-24/h1-4,7,9H,5-6,8,10-12H2,(H,23,26). The van der Waals surface area contributed by atoms with E-state index in [0.717, 1.165) is 24.4 Å². The van der Waals surface area contributed by atoms with Crippen LogP contribution in [0.3, 0.4) is 0 Å². The Morgan fingerprint density at radius 2 is 1.93 bits per heavy atom. The van der Waals surface area contributed by atoms with Crippen LogP contribution in [0.15, 0.2) is 36.7 Å². The summed E-state index contributed by atoms with van der Waals surface area (Å²) < 4.78 is 42.7. The molecular weight excluding hydrogens is 377 g/mol. The van der Waals surface area contributed by atoms with E-state index in [0.29, 0.717) is 17.8 Å². The molecule has 0 radical (unpaired) electrons. The molecule has 1 aromatic heterocycles. The molecule has 2 amide bonds. The third kappa shape index (κ3) is 5.56. The van der Waals surface area contributed by atoms with Crippen LogP contribution < -0.4 is 5.32 Å². The summed E-state index contributed by atoms with van der Waals surface area (Å²) in [5.41, 5.74) is 2.44. The van der Waals surface area contributed by atoms with Crippen molar-refractivity contribution in [1.29, 1.82) is 0 Å². The summed E-state index contributed by atoms with van der Waals surface area (Å²) >= 11 is 0. The Bertz CT molecular complexity index is 851. The van der Waals surface area contributed by atoms with Crippen LogP contribution in [-0.4, -0.2) is 52.4 Å². The molecule has 1 aliphatic rings. The van der Waals surface area contributed by atoms with Crippen molar-refractivity contribution in [2.45, 2.75) is 25.7 Å². The average molecular weight is 396 g/mol. The number of hydrogen-bond acceptors (Lipinski definition) is 4.